The number of aryl methyl sites for hydroxylation is 2. The summed E-state index contributed by atoms with van der Waals surface area (Å²) < 4.78 is 11.2. The van der Waals surface area contributed by atoms with Crippen LogP contribution in [0.1, 0.15) is 60.1 Å². The van der Waals surface area contributed by atoms with Crippen LogP contribution in [0.25, 0.3) is 0 Å². The highest BCUT2D eigenvalue weighted by Crippen LogP contribution is 2.37. The Morgan fingerprint density at radius 2 is 1.92 bits per heavy atom. The van der Waals surface area contributed by atoms with Gasteiger partial charge in [0.05, 0.1) is 19.7 Å². The zero-order chi connectivity index (χ0) is 27.4. The van der Waals surface area contributed by atoms with Gasteiger partial charge in [-0.25, -0.2) is 4.98 Å². The van der Waals surface area contributed by atoms with E-state index < -0.39 is 0 Å². The Morgan fingerprint density at radius 1 is 1.05 bits per heavy atom. The first-order valence-electron chi connectivity index (χ1n) is 13.9. The Bertz CT molecular complexity index is 1190. The highest BCUT2D eigenvalue weighted by Gasteiger charge is 2.43. The standard InChI is InChI=1S/C29H38N4O5S/c1-37-25-13-19-8-9-27(35)33-15-20-12-22(16-32(14-20)29(36)23-17-39-18-31-23)24(33)6-3-7-26(34)30-10-4-5-21(11-19)28(25)38-2/h11,13,17-18,20,22,24H,3-10,12,14-16H2,1-2H3,(H,30,34)/t20-,22+,24-/m0/s1. The van der Waals surface area contributed by atoms with Crippen molar-refractivity contribution in [3.8, 4) is 11.5 Å². The molecule has 3 aliphatic heterocycles. The molecule has 4 heterocycles. The number of carbonyl (C=O) groups excluding carboxylic acids is 3. The molecule has 0 radical (unpaired) electrons. The lowest BCUT2D eigenvalue weighted by Crippen LogP contribution is -2.60. The Kier molecular flexibility index (Phi) is 8.69. The number of benzene rings is 1. The fourth-order valence-corrected chi connectivity index (χ4v) is 7.07. The number of nitrogens with one attached hydrogen (secondary N) is 1. The molecule has 2 fully saturated rings. The van der Waals surface area contributed by atoms with Crippen LogP contribution < -0.4 is 14.8 Å². The first-order chi connectivity index (χ1) is 19.0. The molecular weight excluding hydrogens is 516 g/mol. The van der Waals surface area contributed by atoms with Crippen LogP contribution in [0.15, 0.2) is 23.0 Å². The van der Waals surface area contributed by atoms with Crippen molar-refractivity contribution < 1.29 is 23.9 Å². The Morgan fingerprint density at radius 3 is 2.69 bits per heavy atom. The number of ether oxygens (including phenoxy) is 2. The number of amides is 3. The second-order valence-electron chi connectivity index (χ2n) is 10.9. The minimum absolute atomic E-state index is 0.0152. The van der Waals surface area contributed by atoms with Gasteiger partial charge in [-0.2, -0.15) is 0 Å². The largest absolute Gasteiger partial charge is 0.493 e. The van der Waals surface area contributed by atoms with Gasteiger partial charge < -0.3 is 24.6 Å². The Balaban J connectivity index is 1.37. The van der Waals surface area contributed by atoms with Gasteiger partial charge >= 0.3 is 0 Å². The van der Waals surface area contributed by atoms with Crippen molar-refractivity contribution in [1.29, 1.82) is 0 Å². The van der Waals surface area contributed by atoms with Crippen LogP contribution in [0.5, 0.6) is 11.5 Å². The van der Waals surface area contributed by atoms with Crippen LogP contribution >= 0.6 is 11.3 Å². The number of rotatable bonds is 3. The van der Waals surface area contributed by atoms with E-state index in [1.807, 2.05) is 11.0 Å². The Hall–Kier alpha value is -3.14. The summed E-state index contributed by atoms with van der Waals surface area (Å²) in [5.41, 5.74) is 4.25. The molecule has 210 valence electrons. The second-order valence-corrected chi connectivity index (χ2v) is 11.6. The number of hydrogen-bond acceptors (Lipinski definition) is 7. The smallest absolute Gasteiger partial charge is 0.273 e. The number of fused-ring (bicyclic) bond motifs is 6. The number of thiazole rings is 1. The van der Waals surface area contributed by atoms with E-state index in [1.165, 1.54) is 11.3 Å². The van der Waals surface area contributed by atoms with E-state index in [-0.39, 0.29) is 35.6 Å². The molecule has 1 aromatic carbocycles. The van der Waals surface area contributed by atoms with Gasteiger partial charge in [-0.1, -0.05) is 6.07 Å². The van der Waals surface area contributed by atoms with Crippen molar-refractivity contribution >= 4 is 29.1 Å². The van der Waals surface area contributed by atoms with Crippen LogP contribution in [0.4, 0.5) is 0 Å². The number of likely N-dealkylation sites (tertiary alicyclic amines) is 1. The number of hydrogen-bond donors (Lipinski definition) is 1. The third-order valence-corrected chi connectivity index (χ3v) is 8.91. The second kappa shape index (κ2) is 12.4. The van der Waals surface area contributed by atoms with Crippen molar-refractivity contribution in [3.05, 3.63) is 39.8 Å². The molecule has 5 rings (SSSR count). The molecule has 0 saturated carbocycles. The van der Waals surface area contributed by atoms with Gasteiger partial charge in [0.2, 0.25) is 11.8 Å². The van der Waals surface area contributed by atoms with Crippen molar-refractivity contribution in [2.45, 2.75) is 57.4 Å². The number of carbonyl (C=O) groups is 3. The lowest BCUT2D eigenvalue weighted by molar-refractivity contribution is -0.140. The van der Waals surface area contributed by atoms with E-state index in [0.717, 1.165) is 36.8 Å². The van der Waals surface area contributed by atoms with Gasteiger partial charge in [-0.05, 0) is 67.6 Å². The van der Waals surface area contributed by atoms with Crippen molar-refractivity contribution in [1.82, 2.24) is 20.1 Å². The van der Waals surface area contributed by atoms with E-state index >= 15 is 0 Å². The van der Waals surface area contributed by atoms with Crippen LogP contribution in [-0.2, 0) is 22.4 Å². The third-order valence-electron chi connectivity index (χ3n) is 8.32. The molecule has 2 saturated heterocycles. The van der Waals surface area contributed by atoms with Crippen LogP contribution in [0.3, 0.4) is 0 Å². The van der Waals surface area contributed by atoms with Gasteiger partial charge in [0.25, 0.3) is 5.91 Å². The normalized spacial score (nSPS) is 24.5. The molecule has 1 aromatic heterocycles. The van der Waals surface area contributed by atoms with E-state index in [0.29, 0.717) is 69.1 Å². The van der Waals surface area contributed by atoms with Crippen molar-refractivity contribution in [3.63, 3.8) is 0 Å². The quantitative estimate of drug-likeness (QED) is 0.625. The maximum Gasteiger partial charge on any atom is 0.273 e. The molecule has 10 heteroatoms. The molecule has 0 aliphatic carbocycles. The molecule has 4 bridgehead atoms. The average molecular weight is 555 g/mol. The highest BCUT2D eigenvalue weighted by atomic mass is 32.1. The van der Waals surface area contributed by atoms with Gasteiger partial charge in [-0.15, -0.1) is 11.3 Å². The van der Waals surface area contributed by atoms with Crippen molar-refractivity contribution in [2.75, 3.05) is 40.4 Å². The average Bonchev–Trinajstić information content (AvgIpc) is 3.48. The highest BCUT2D eigenvalue weighted by molar-refractivity contribution is 7.07. The SMILES string of the molecule is COc1cc2cc(c1OC)CCCNC(=O)CCC[C@H]1[C@@H]3C[C@@H](CN(C(=O)c4cscn4)C3)CN1C(=O)CC2. The molecule has 2 aromatic rings. The zero-order valence-corrected chi connectivity index (χ0v) is 23.6. The summed E-state index contributed by atoms with van der Waals surface area (Å²) in [5, 5.41) is 4.85. The summed E-state index contributed by atoms with van der Waals surface area (Å²) in [5.74, 6) is 1.96. The maximum absolute atomic E-state index is 13.7. The van der Waals surface area contributed by atoms with E-state index in [2.05, 4.69) is 21.3 Å². The summed E-state index contributed by atoms with van der Waals surface area (Å²) in [6.45, 7) is 2.50. The minimum atomic E-state index is -0.0254. The minimum Gasteiger partial charge on any atom is -0.493 e. The fourth-order valence-electron chi connectivity index (χ4n) is 6.55. The summed E-state index contributed by atoms with van der Waals surface area (Å²) in [6.07, 6.45) is 5.47. The maximum atomic E-state index is 13.7. The first-order valence-corrected chi connectivity index (χ1v) is 14.9. The number of aromatic nitrogens is 1. The molecule has 0 spiro atoms. The molecule has 9 nitrogen and oxygen atoms in total. The summed E-state index contributed by atoms with van der Waals surface area (Å²) in [6, 6.07) is 4.08. The van der Waals surface area contributed by atoms with Crippen molar-refractivity contribution in [2.24, 2.45) is 11.8 Å². The molecule has 3 atom stereocenters. The molecule has 0 unspecified atom stereocenters. The summed E-state index contributed by atoms with van der Waals surface area (Å²) in [7, 11) is 3.26. The molecule has 3 aliphatic rings. The lowest BCUT2D eigenvalue weighted by atomic mass is 9.77. The predicted molar refractivity (Wildman–Crippen MR) is 148 cm³/mol. The first kappa shape index (κ1) is 27.4. The third kappa shape index (κ3) is 6.21. The number of nitrogens with zero attached hydrogens (tertiary/aromatic N) is 3. The topological polar surface area (TPSA) is 101 Å². The van der Waals surface area contributed by atoms with Gasteiger partial charge in [0.1, 0.15) is 5.69 Å². The fraction of sp³-hybridized carbons (Fsp3) is 0.586. The van der Waals surface area contributed by atoms with Gasteiger partial charge in [0, 0.05) is 50.4 Å². The molecule has 39 heavy (non-hydrogen) atoms. The lowest BCUT2D eigenvalue weighted by Gasteiger charge is -2.51. The van der Waals surface area contributed by atoms with Crippen LogP contribution in [0.2, 0.25) is 0 Å². The zero-order valence-electron chi connectivity index (χ0n) is 22.8. The summed E-state index contributed by atoms with van der Waals surface area (Å²) in [4.78, 5) is 47.6. The van der Waals surface area contributed by atoms with Crippen LogP contribution in [0, 0.1) is 11.8 Å². The van der Waals surface area contributed by atoms with Gasteiger partial charge in [-0.3, -0.25) is 14.4 Å². The molecular formula is C29H38N4O5S. The molecule has 1 N–H and O–H groups in total. The van der Waals surface area contributed by atoms with Crippen LogP contribution in [-0.4, -0.2) is 78.9 Å². The van der Waals surface area contributed by atoms with E-state index in [4.69, 9.17) is 9.47 Å². The summed E-state index contributed by atoms with van der Waals surface area (Å²) >= 11 is 1.42. The molecule has 3 amide bonds. The van der Waals surface area contributed by atoms with Gasteiger partial charge in [0.15, 0.2) is 11.5 Å². The monoisotopic (exact) mass is 554 g/mol. The number of piperidine rings is 2. The predicted octanol–water partition coefficient (Wildman–Crippen LogP) is 3.31. The number of methoxy groups -OCH3 is 2. The van der Waals surface area contributed by atoms with E-state index in [9.17, 15) is 14.4 Å². The van der Waals surface area contributed by atoms with E-state index in [1.54, 1.807) is 25.1 Å². The Labute approximate surface area is 233 Å².